The Labute approximate surface area is 205 Å². The molecular formula is C25H23IN2O5. The summed E-state index contributed by atoms with van der Waals surface area (Å²) in [5.74, 6) is 0.516. The number of carbonyl (C=O) groups excluding carboxylic acids is 2. The van der Waals surface area contributed by atoms with Crippen LogP contribution in [0.15, 0.2) is 72.4 Å². The highest BCUT2D eigenvalue weighted by atomic mass is 127. The molecule has 170 valence electrons. The number of hydrogen-bond acceptors (Lipinski definition) is 5. The van der Waals surface area contributed by atoms with Crippen LogP contribution in [0.2, 0.25) is 0 Å². The van der Waals surface area contributed by atoms with E-state index in [9.17, 15) is 9.59 Å². The first-order chi connectivity index (χ1) is 15.9. The molecule has 33 heavy (non-hydrogen) atoms. The lowest BCUT2D eigenvalue weighted by atomic mass is 10.1. The second-order valence-corrected chi connectivity index (χ2v) is 8.03. The van der Waals surface area contributed by atoms with Crippen molar-refractivity contribution in [1.29, 1.82) is 0 Å². The predicted octanol–water partition coefficient (Wildman–Crippen LogP) is 4.73. The van der Waals surface area contributed by atoms with Crippen LogP contribution in [-0.2, 0) is 4.79 Å². The fourth-order valence-electron chi connectivity index (χ4n) is 3.00. The van der Waals surface area contributed by atoms with Crippen molar-refractivity contribution in [3.63, 3.8) is 0 Å². The van der Waals surface area contributed by atoms with Crippen LogP contribution in [0.5, 0.6) is 17.2 Å². The van der Waals surface area contributed by atoms with E-state index < -0.39 is 11.8 Å². The Kier molecular flexibility index (Phi) is 8.31. The molecule has 0 aliphatic rings. The molecule has 0 aliphatic carbocycles. The van der Waals surface area contributed by atoms with Crippen LogP contribution in [0.4, 0.5) is 5.69 Å². The van der Waals surface area contributed by atoms with E-state index in [0.717, 1.165) is 3.57 Å². The van der Waals surface area contributed by atoms with Crippen molar-refractivity contribution in [1.82, 2.24) is 5.32 Å². The van der Waals surface area contributed by atoms with Gasteiger partial charge in [0.2, 0.25) is 0 Å². The molecule has 8 heteroatoms. The molecule has 0 spiro atoms. The predicted molar refractivity (Wildman–Crippen MR) is 136 cm³/mol. The number of hydrogen-bond donors (Lipinski definition) is 2. The second kappa shape index (κ2) is 11.4. The third-order valence-electron chi connectivity index (χ3n) is 4.68. The van der Waals surface area contributed by atoms with E-state index in [-0.39, 0.29) is 5.70 Å². The van der Waals surface area contributed by atoms with Crippen molar-refractivity contribution in [2.24, 2.45) is 0 Å². The Morgan fingerprint density at radius 2 is 1.48 bits per heavy atom. The third kappa shape index (κ3) is 6.26. The van der Waals surface area contributed by atoms with Crippen LogP contribution in [0.1, 0.15) is 15.9 Å². The largest absolute Gasteiger partial charge is 0.496 e. The van der Waals surface area contributed by atoms with Gasteiger partial charge in [0.05, 0.1) is 21.3 Å². The Balaban J connectivity index is 1.94. The Morgan fingerprint density at radius 1 is 0.818 bits per heavy atom. The molecular weight excluding hydrogens is 535 g/mol. The van der Waals surface area contributed by atoms with Gasteiger partial charge in [0.1, 0.15) is 11.4 Å². The molecule has 2 N–H and O–H groups in total. The fraction of sp³-hybridized carbons (Fsp3) is 0.120. The lowest BCUT2D eigenvalue weighted by Crippen LogP contribution is -2.30. The number of carbonyl (C=O) groups is 2. The smallest absolute Gasteiger partial charge is 0.272 e. The normalized spacial score (nSPS) is 10.8. The van der Waals surface area contributed by atoms with E-state index in [0.29, 0.717) is 34.1 Å². The van der Waals surface area contributed by atoms with Gasteiger partial charge in [-0.25, -0.2) is 0 Å². The zero-order valence-electron chi connectivity index (χ0n) is 18.3. The number of rotatable bonds is 8. The van der Waals surface area contributed by atoms with Crippen LogP contribution >= 0.6 is 22.6 Å². The average molecular weight is 558 g/mol. The minimum Gasteiger partial charge on any atom is -0.496 e. The van der Waals surface area contributed by atoms with E-state index in [1.165, 1.54) is 14.2 Å². The number of halogens is 1. The van der Waals surface area contributed by atoms with Gasteiger partial charge in [0, 0.05) is 20.4 Å². The number of anilines is 1. The maximum absolute atomic E-state index is 13.1. The molecule has 0 aromatic heterocycles. The molecule has 0 bridgehead atoms. The molecule has 0 saturated carbocycles. The number of benzene rings is 3. The lowest BCUT2D eigenvalue weighted by Gasteiger charge is -2.13. The van der Waals surface area contributed by atoms with Crippen molar-refractivity contribution in [2.75, 3.05) is 26.6 Å². The van der Waals surface area contributed by atoms with Gasteiger partial charge in [0.25, 0.3) is 11.8 Å². The quantitative estimate of drug-likeness (QED) is 0.309. The first-order valence-corrected chi connectivity index (χ1v) is 11.0. The van der Waals surface area contributed by atoms with E-state index in [4.69, 9.17) is 14.2 Å². The summed E-state index contributed by atoms with van der Waals surface area (Å²) in [5, 5.41) is 5.52. The maximum atomic E-state index is 13.1. The molecule has 3 aromatic rings. The van der Waals surface area contributed by atoms with Crippen LogP contribution in [0.3, 0.4) is 0 Å². The molecule has 0 saturated heterocycles. The number of para-hydroxylation sites is 1. The molecule has 0 radical (unpaired) electrons. The third-order valence-corrected chi connectivity index (χ3v) is 5.40. The van der Waals surface area contributed by atoms with Crippen molar-refractivity contribution in [3.05, 3.63) is 87.1 Å². The zero-order valence-corrected chi connectivity index (χ0v) is 20.5. The van der Waals surface area contributed by atoms with Crippen LogP contribution in [0, 0.1) is 3.57 Å². The second-order valence-electron chi connectivity index (χ2n) is 6.78. The van der Waals surface area contributed by atoms with Crippen molar-refractivity contribution < 1.29 is 23.8 Å². The monoisotopic (exact) mass is 558 g/mol. The number of methoxy groups -OCH3 is 3. The summed E-state index contributed by atoms with van der Waals surface area (Å²) in [7, 11) is 4.54. The van der Waals surface area contributed by atoms with E-state index in [2.05, 4.69) is 33.2 Å². The standard InChI is InChI=1S/C25H23IN2O5/c1-31-21-7-5-4-6-16(21)14-20(25(30)27-19-11-9-18(26)10-12-19)28-24(29)17-8-13-22(32-2)23(15-17)33-3/h4-15H,1-3H3,(H,27,30)(H,28,29)/b20-14+. The Bertz CT molecular complexity index is 1180. The molecule has 2 amide bonds. The first kappa shape index (κ1) is 24.1. The molecule has 0 heterocycles. The number of nitrogens with one attached hydrogen (secondary N) is 2. The lowest BCUT2D eigenvalue weighted by molar-refractivity contribution is -0.113. The Hall–Kier alpha value is -3.53. The van der Waals surface area contributed by atoms with E-state index in [1.54, 1.807) is 55.7 Å². The molecule has 3 aromatic carbocycles. The summed E-state index contributed by atoms with van der Waals surface area (Å²) in [5.41, 5.74) is 1.60. The van der Waals surface area contributed by atoms with Crippen molar-refractivity contribution in [2.45, 2.75) is 0 Å². The first-order valence-electron chi connectivity index (χ1n) is 9.90. The minimum absolute atomic E-state index is 0.0536. The highest BCUT2D eigenvalue weighted by molar-refractivity contribution is 14.1. The van der Waals surface area contributed by atoms with E-state index >= 15 is 0 Å². The van der Waals surface area contributed by atoms with Gasteiger partial charge in [-0.1, -0.05) is 18.2 Å². The van der Waals surface area contributed by atoms with E-state index in [1.807, 2.05) is 24.3 Å². The molecule has 0 aliphatic heterocycles. The maximum Gasteiger partial charge on any atom is 0.272 e. The van der Waals surface area contributed by atoms with Gasteiger partial charge in [-0.05, 0) is 77.2 Å². The molecule has 0 fully saturated rings. The minimum atomic E-state index is -0.477. The summed E-state index contributed by atoms with van der Waals surface area (Å²) >= 11 is 2.19. The zero-order chi connectivity index (χ0) is 23.8. The van der Waals surface area contributed by atoms with Gasteiger partial charge in [-0.3, -0.25) is 9.59 Å². The molecule has 3 rings (SSSR count). The summed E-state index contributed by atoms with van der Waals surface area (Å²) < 4.78 is 16.9. The van der Waals surface area contributed by atoms with Crippen LogP contribution in [0.25, 0.3) is 6.08 Å². The van der Waals surface area contributed by atoms with Crippen LogP contribution < -0.4 is 24.8 Å². The van der Waals surface area contributed by atoms with Gasteiger partial charge in [-0.2, -0.15) is 0 Å². The SMILES string of the molecule is COc1ccccc1/C=C(/NC(=O)c1ccc(OC)c(OC)c1)C(=O)Nc1ccc(I)cc1. The topological polar surface area (TPSA) is 85.9 Å². The molecule has 0 atom stereocenters. The van der Waals surface area contributed by atoms with Gasteiger partial charge in [0.15, 0.2) is 11.5 Å². The summed E-state index contributed by atoms with van der Waals surface area (Å²) in [6, 6.07) is 19.3. The average Bonchev–Trinajstić information content (AvgIpc) is 2.84. The number of ether oxygens (including phenoxy) is 3. The summed E-state index contributed by atoms with van der Waals surface area (Å²) in [4.78, 5) is 26.1. The molecule has 7 nitrogen and oxygen atoms in total. The highest BCUT2D eigenvalue weighted by Crippen LogP contribution is 2.28. The van der Waals surface area contributed by atoms with Crippen molar-refractivity contribution >= 4 is 46.2 Å². The molecule has 0 unspecified atom stereocenters. The number of amides is 2. The highest BCUT2D eigenvalue weighted by Gasteiger charge is 2.17. The van der Waals surface area contributed by atoms with Crippen LogP contribution in [-0.4, -0.2) is 33.1 Å². The van der Waals surface area contributed by atoms with Gasteiger partial charge in [-0.15, -0.1) is 0 Å². The summed E-state index contributed by atoms with van der Waals surface area (Å²) in [6.45, 7) is 0. The van der Waals surface area contributed by atoms with Gasteiger partial charge < -0.3 is 24.8 Å². The van der Waals surface area contributed by atoms with Crippen molar-refractivity contribution in [3.8, 4) is 17.2 Å². The Morgan fingerprint density at radius 3 is 2.15 bits per heavy atom. The fourth-order valence-corrected chi connectivity index (χ4v) is 3.36. The van der Waals surface area contributed by atoms with Gasteiger partial charge >= 0.3 is 0 Å². The summed E-state index contributed by atoms with van der Waals surface area (Å²) in [6.07, 6.45) is 1.57.